The van der Waals surface area contributed by atoms with Crippen molar-refractivity contribution >= 4 is 23.4 Å². The van der Waals surface area contributed by atoms with E-state index in [0.717, 1.165) is 18.5 Å². The van der Waals surface area contributed by atoms with Crippen LogP contribution in [0.25, 0.3) is 11.7 Å². The summed E-state index contributed by atoms with van der Waals surface area (Å²) in [4.78, 5) is 26.5. The standard InChI is InChI=1S/C23H26N6O3.C2H6.H2/c1-14(2)32-21-19-26-17(23-11-22(3,12-23)31-13-23)9-29(19)10-18(28-21)27-20(30)16-6-4-5-15(25-16)7-8-24;1-2;/h4-10,14H,11-13,24H2,1-3H3,(H,27,30);1-2H3;1H/b8-7-;;. The highest BCUT2D eigenvalue weighted by atomic mass is 16.5. The van der Waals surface area contributed by atoms with Gasteiger partial charge in [-0.2, -0.15) is 4.98 Å². The van der Waals surface area contributed by atoms with Gasteiger partial charge in [0, 0.05) is 13.0 Å². The summed E-state index contributed by atoms with van der Waals surface area (Å²) in [5.41, 5.74) is 7.77. The number of hydrogen-bond acceptors (Lipinski definition) is 7. The quantitative estimate of drug-likeness (QED) is 0.559. The molecule has 182 valence electrons. The predicted molar refractivity (Wildman–Crippen MR) is 133 cm³/mol. The highest BCUT2D eigenvalue weighted by Gasteiger charge is 2.61. The van der Waals surface area contributed by atoms with E-state index in [9.17, 15) is 4.79 Å². The van der Waals surface area contributed by atoms with Gasteiger partial charge in [-0.25, -0.2) is 9.97 Å². The zero-order valence-corrected chi connectivity index (χ0v) is 20.3. The van der Waals surface area contributed by atoms with Crippen LogP contribution >= 0.6 is 0 Å². The molecule has 3 aliphatic rings. The van der Waals surface area contributed by atoms with Crippen molar-refractivity contribution < 1.29 is 15.7 Å². The number of nitrogens with one attached hydrogen (secondary N) is 1. The first kappa shape index (κ1) is 23.7. The highest BCUT2D eigenvalue weighted by Crippen LogP contribution is 2.58. The van der Waals surface area contributed by atoms with Crippen LogP contribution in [0, 0.1) is 0 Å². The Morgan fingerprint density at radius 1 is 1.26 bits per heavy atom. The third-order valence-electron chi connectivity index (χ3n) is 5.93. The average molecular weight is 467 g/mol. The molecular formula is C25H34N6O3. The van der Waals surface area contributed by atoms with Crippen molar-refractivity contribution in [3.63, 3.8) is 0 Å². The Morgan fingerprint density at radius 2 is 2.03 bits per heavy atom. The van der Waals surface area contributed by atoms with Crippen LogP contribution in [0.15, 0.2) is 36.8 Å². The second-order valence-electron chi connectivity index (χ2n) is 9.09. The molecule has 2 bridgehead atoms. The van der Waals surface area contributed by atoms with Gasteiger partial charge in [-0.15, -0.1) is 0 Å². The van der Waals surface area contributed by atoms with Crippen molar-refractivity contribution in [2.24, 2.45) is 5.73 Å². The zero-order chi connectivity index (χ0) is 24.5. The van der Waals surface area contributed by atoms with Crippen molar-refractivity contribution in [2.75, 3.05) is 11.9 Å². The first-order valence-electron chi connectivity index (χ1n) is 11.7. The number of pyridine rings is 1. The van der Waals surface area contributed by atoms with Gasteiger partial charge in [-0.3, -0.25) is 9.20 Å². The van der Waals surface area contributed by atoms with Crippen LogP contribution in [0.2, 0.25) is 0 Å². The van der Waals surface area contributed by atoms with Gasteiger partial charge in [0.15, 0.2) is 5.82 Å². The molecule has 0 atom stereocenters. The summed E-state index contributed by atoms with van der Waals surface area (Å²) in [7, 11) is 0. The molecule has 6 rings (SSSR count). The van der Waals surface area contributed by atoms with Gasteiger partial charge in [0.1, 0.15) is 5.69 Å². The summed E-state index contributed by atoms with van der Waals surface area (Å²) in [5.74, 6) is 0.342. The number of carbonyl (C=O) groups is 1. The van der Waals surface area contributed by atoms with Crippen molar-refractivity contribution in [1.82, 2.24) is 19.4 Å². The fraction of sp³-hybridized carbons (Fsp3) is 0.440. The first-order chi connectivity index (χ1) is 16.3. The fourth-order valence-electron chi connectivity index (χ4n) is 4.69. The van der Waals surface area contributed by atoms with Gasteiger partial charge in [-0.05, 0) is 58.0 Å². The topological polar surface area (TPSA) is 117 Å². The van der Waals surface area contributed by atoms with E-state index in [1.165, 1.54) is 6.20 Å². The van der Waals surface area contributed by atoms with E-state index in [2.05, 4.69) is 22.2 Å². The molecule has 34 heavy (non-hydrogen) atoms. The Kier molecular flexibility index (Phi) is 6.31. The van der Waals surface area contributed by atoms with Crippen LogP contribution in [0.4, 0.5) is 5.82 Å². The van der Waals surface area contributed by atoms with E-state index >= 15 is 0 Å². The maximum atomic E-state index is 12.8. The lowest BCUT2D eigenvalue weighted by Gasteiger charge is -2.41. The van der Waals surface area contributed by atoms with Gasteiger partial charge in [0.05, 0.1) is 35.9 Å². The highest BCUT2D eigenvalue weighted by molar-refractivity contribution is 6.02. The molecule has 3 aromatic heterocycles. The fourth-order valence-corrected chi connectivity index (χ4v) is 4.69. The smallest absolute Gasteiger partial charge is 0.275 e. The molecule has 2 aliphatic heterocycles. The Morgan fingerprint density at radius 3 is 2.68 bits per heavy atom. The Bertz CT molecular complexity index is 1230. The van der Waals surface area contributed by atoms with Crippen LogP contribution in [0.3, 0.4) is 0 Å². The number of anilines is 1. The first-order valence-corrected chi connectivity index (χ1v) is 11.7. The molecule has 0 radical (unpaired) electrons. The molecule has 0 spiro atoms. The van der Waals surface area contributed by atoms with Crippen LogP contribution in [-0.4, -0.2) is 43.6 Å². The molecule has 5 heterocycles. The van der Waals surface area contributed by atoms with Crippen molar-refractivity contribution in [1.29, 1.82) is 0 Å². The summed E-state index contributed by atoms with van der Waals surface area (Å²) < 4.78 is 13.7. The summed E-state index contributed by atoms with van der Waals surface area (Å²) in [6.07, 6.45) is 8.55. The number of ether oxygens (including phenoxy) is 2. The van der Waals surface area contributed by atoms with Gasteiger partial charge in [0.25, 0.3) is 11.8 Å². The van der Waals surface area contributed by atoms with Gasteiger partial charge >= 0.3 is 0 Å². The number of aromatic nitrogens is 4. The molecule has 2 saturated heterocycles. The molecule has 3 aromatic rings. The minimum atomic E-state index is -0.377. The van der Waals surface area contributed by atoms with Crippen molar-refractivity contribution in [3.05, 3.63) is 53.9 Å². The van der Waals surface area contributed by atoms with Gasteiger partial charge in [0.2, 0.25) is 5.65 Å². The predicted octanol–water partition coefficient (Wildman–Crippen LogP) is 4.19. The number of fused-ring (bicyclic) bond motifs is 2. The third kappa shape index (κ3) is 4.35. The number of amides is 1. The Labute approximate surface area is 200 Å². The summed E-state index contributed by atoms with van der Waals surface area (Å²) in [6, 6.07) is 5.15. The summed E-state index contributed by atoms with van der Waals surface area (Å²) >= 11 is 0. The summed E-state index contributed by atoms with van der Waals surface area (Å²) in [5, 5.41) is 2.82. The van der Waals surface area contributed by atoms with Crippen molar-refractivity contribution in [3.8, 4) is 5.88 Å². The minimum Gasteiger partial charge on any atom is -0.472 e. The molecule has 3 N–H and O–H groups in total. The third-order valence-corrected chi connectivity index (χ3v) is 5.93. The Balaban J connectivity index is 0.00000111. The second kappa shape index (κ2) is 9.06. The Hall–Kier alpha value is -3.46. The van der Waals surface area contributed by atoms with Crippen LogP contribution in [0.1, 0.15) is 70.8 Å². The van der Waals surface area contributed by atoms with Crippen molar-refractivity contribution in [2.45, 2.75) is 64.6 Å². The van der Waals surface area contributed by atoms with E-state index in [1.807, 2.05) is 38.3 Å². The normalized spacial score (nSPS) is 23.0. The van der Waals surface area contributed by atoms with E-state index in [1.54, 1.807) is 30.5 Å². The molecule has 9 heteroatoms. The van der Waals surface area contributed by atoms with E-state index in [-0.39, 0.29) is 30.1 Å². The molecule has 1 aliphatic carbocycles. The van der Waals surface area contributed by atoms with Crippen LogP contribution < -0.4 is 15.8 Å². The maximum absolute atomic E-state index is 12.8. The molecule has 1 saturated carbocycles. The minimum absolute atomic E-state index is 0. The number of rotatable bonds is 6. The molecule has 9 nitrogen and oxygen atoms in total. The lowest BCUT2D eigenvalue weighted by atomic mass is 9.62. The summed E-state index contributed by atoms with van der Waals surface area (Å²) in [6.45, 7) is 10.7. The zero-order valence-electron chi connectivity index (χ0n) is 20.3. The molecule has 0 unspecified atom stereocenters. The van der Waals surface area contributed by atoms with Gasteiger partial charge < -0.3 is 20.5 Å². The molecular weight excluding hydrogens is 432 g/mol. The van der Waals surface area contributed by atoms with E-state index < -0.39 is 0 Å². The number of nitrogens with zero attached hydrogens (tertiary/aromatic N) is 4. The number of nitrogens with two attached hydrogens (primary N) is 1. The molecule has 3 fully saturated rings. The van der Waals surface area contributed by atoms with Crippen LogP contribution in [-0.2, 0) is 10.2 Å². The largest absolute Gasteiger partial charge is 0.472 e. The lowest BCUT2D eigenvalue weighted by Crippen LogP contribution is -2.45. The van der Waals surface area contributed by atoms with E-state index in [0.29, 0.717) is 29.6 Å². The number of imidazole rings is 1. The van der Waals surface area contributed by atoms with Crippen LogP contribution in [0.5, 0.6) is 5.88 Å². The number of hydrogen-bond donors (Lipinski definition) is 2. The lowest BCUT2D eigenvalue weighted by molar-refractivity contribution is 0.0154. The monoisotopic (exact) mass is 466 g/mol. The average Bonchev–Trinajstić information content (AvgIpc) is 3.46. The van der Waals surface area contributed by atoms with E-state index in [4.69, 9.17) is 20.2 Å². The van der Waals surface area contributed by atoms with Gasteiger partial charge in [-0.1, -0.05) is 19.9 Å². The molecule has 0 aromatic carbocycles. The SMILES string of the molecule is CC.CC(C)Oc1nc(NC(=O)c2cccc(/C=C\N)n2)cn2cc(C34COC(C)(C3)C4)nc12.[HH]. The number of carbonyl (C=O) groups excluding carboxylic acids is 1. The maximum Gasteiger partial charge on any atom is 0.275 e. The molecule has 1 amide bonds. The second-order valence-corrected chi connectivity index (χ2v) is 9.09.